The van der Waals surface area contributed by atoms with Crippen molar-refractivity contribution in [2.24, 2.45) is 16.8 Å². The molecule has 25 heavy (non-hydrogen) atoms. The van der Waals surface area contributed by atoms with Crippen molar-refractivity contribution in [1.82, 2.24) is 0 Å². The van der Waals surface area contributed by atoms with E-state index >= 15 is 0 Å². The number of aliphatic imine (C=N–C) groups is 1. The molecule has 4 nitrogen and oxygen atoms in total. The predicted octanol–water partition coefficient (Wildman–Crippen LogP) is 4.05. The maximum atomic E-state index is 10.6. The third-order valence-corrected chi connectivity index (χ3v) is 6.57. The van der Waals surface area contributed by atoms with Gasteiger partial charge in [0.05, 0.1) is 13.2 Å². The molecule has 6 atom stereocenters. The van der Waals surface area contributed by atoms with Crippen LogP contribution in [0.3, 0.4) is 0 Å². The zero-order chi connectivity index (χ0) is 17.8. The zero-order valence-corrected chi connectivity index (χ0v) is 18.3. The van der Waals surface area contributed by atoms with Crippen LogP contribution in [0.2, 0.25) is 0 Å². The molecule has 0 amide bonds. The zero-order valence-electron chi connectivity index (χ0n) is 14.0. The fourth-order valence-electron chi connectivity index (χ4n) is 5.72. The second-order valence-corrected chi connectivity index (χ2v) is 7.27. The third-order valence-electron chi connectivity index (χ3n) is 6.57. The Morgan fingerprint density at radius 1 is 1.36 bits per heavy atom. The lowest BCUT2D eigenvalue weighted by Gasteiger charge is -2.55. The van der Waals surface area contributed by atoms with Crippen molar-refractivity contribution in [2.45, 2.75) is 42.9 Å². The lowest BCUT2D eigenvalue weighted by Crippen LogP contribution is -2.60. The van der Waals surface area contributed by atoms with Crippen molar-refractivity contribution in [1.29, 1.82) is 0 Å². The molecule has 0 saturated heterocycles. The van der Waals surface area contributed by atoms with Crippen LogP contribution in [0.25, 0.3) is 0 Å². The first-order valence-corrected chi connectivity index (χ1v) is 14.8. The fraction of sp³-hybridized carbons (Fsp3) is 0.526. The van der Waals surface area contributed by atoms with Gasteiger partial charge >= 0.3 is 0 Å². The van der Waals surface area contributed by atoms with Crippen LogP contribution >= 0.6 is 37.2 Å². The number of allylic oxidation sites excluding steroid dienone is 1. The quantitative estimate of drug-likeness (QED) is 0.335. The highest BCUT2D eigenvalue weighted by Gasteiger charge is 2.64. The summed E-state index contributed by atoms with van der Waals surface area (Å²) < 4.78 is 11.8. The van der Waals surface area contributed by atoms with E-state index in [4.69, 9.17) is 9.47 Å². The largest absolute Gasteiger partial charge is 0.493 e. The number of methoxy groups -OCH3 is 1. The van der Waals surface area contributed by atoms with Gasteiger partial charge in [0.2, 0.25) is 0 Å². The lowest BCUT2D eigenvalue weighted by atomic mass is 9.49. The highest BCUT2D eigenvalue weighted by Crippen LogP contribution is 2.64. The van der Waals surface area contributed by atoms with Crippen LogP contribution in [0.4, 0.5) is 0 Å². The number of rotatable bonds is 2. The monoisotopic (exact) mass is 565 g/mol. The van der Waals surface area contributed by atoms with Crippen molar-refractivity contribution in [3.05, 3.63) is 35.4 Å². The van der Waals surface area contributed by atoms with Gasteiger partial charge in [-0.1, -0.05) is 18.2 Å². The lowest BCUT2D eigenvalue weighted by molar-refractivity contribution is -0.0315. The third kappa shape index (κ3) is 2.29. The standard InChI is InChI=1S/C19H21NO3.I2/c1-20-13-7-8-19-12-4-5-14(21)18(19)23-17-15(22-2)6-3-10(16(17)19)9-11(12)13;1-2/h3-6,11-14,18,21H,1,7-9H2,2H3;. The predicted molar refractivity (Wildman–Crippen MR) is 116 cm³/mol. The number of hydrogen-bond acceptors (Lipinski definition) is 4. The van der Waals surface area contributed by atoms with Gasteiger partial charge < -0.3 is 14.6 Å². The molecule has 0 radical (unpaired) electrons. The number of nitrogens with zero attached hydrogens (tertiary/aromatic N) is 1. The summed E-state index contributed by atoms with van der Waals surface area (Å²) >= 11 is 4.24. The van der Waals surface area contributed by atoms with E-state index in [-0.39, 0.29) is 11.5 Å². The van der Waals surface area contributed by atoms with Gasteiger partial charge in [0.15, 0.2) is 11.5 Å². The fourth-order valence-corrected chi connectivity index (χ4v) is 5.72. The molecular formula is C19H21I2NO3. The van der Waals surface area contributed by atoms with Gasteiger partial charge in [0, 0.05) is 48.2 Å². The molecule has 1 aliphatic heterocycles. The second-order valence-electron chi connectivity index (χ2n) is 7.27. The number of ether oxygens (including phenoxy) is 2. The van der Waals surface area contributed by atoms with E-state index in [1.165, 1.54) is 11.1 Å². The maximum absolute atomic E-state index is 10.6. The number of hydrogen-bond donors (Lipinski definition) is 1. The molecule has 4 aliphatic rings. The Bertz CT molecular complexity index is 738. The van der Waals surface area contributed by atoms with Crippen molar-refractivity contribution in [2.75, 3.05) is 7.11 Å². The molecule has 1 spiro atoms. The molecular weight excluding hydrogens is 544 g/mol. The van der Waals surface area contributed by atoms with Crippen molar-refractivity contribution in [3.63, 3.8) is 0 Å². The second kappa shape index (κ2) is 6.67. The van der Waals surface area contributed by atoms with E-state index in [0.717, 1.165) is 30.8 Å². The van der Waals surface area contributed by atoms with Gasteiger partial charge in [-0.25, -0.2) is 0 Å². The summed E-state index contributed by atoms with van der Waals surface area (Å²) in [4.78, 5) is 4.41. The minimum atomic E-state index is -0.566. The summed E-state index contributed by atoms with van der Waals surface area (Å²) in [5.41, 5.74) is 2.49. The minimum absolute atomic E-state index is 0.127. The van der Waals surface area contributed by atoms with Gasteiger partial charge in [0.1, 0.15) is 12.2 Å². The topological polar surface area (TPSA) is 51.0 Å². The molecule has 1 aromatic rings. The molecule has 134 valence electrons. The molecule has 1 aromatic carbocycles. The summed E-state index contributed by atoms with van der Waals surface area (Å²) in [6.07, 6.45) is 6.34. The highest BCUT2D eigenvalue weighted by molar-refractivity contribution is 15.0. The van der Waals surface area contributed by atoms with Gasteiger partial charge in [-0.15, -0.1) is 0 Å². The summed E-state index contributed by atoms with van der Waals surface area (Å²) in [6.45, 7) is 3.82. The van der Waals surface area contributed by atoms with Crippen LogP contribution in [-0.2, 0) is 11.8 Å². The smallest absolute Gasteiger partial charge is 0.165 e. The van der Waals surface area contributed by atoms with E-state index in [1.807, 2.05) is 12.1 Å². The molecule has 0 aromatic heterocycles. The summed E-state index contributed by atoms with van der Waals surface area (Å²) in [7, 11) is 1.68. The molecule has 1 fully saturated rings. The number of aliphatic hydroxyl groups is 1. The number of benzene rings is 1. The molecule has 5 rings (SSSR count). The number of aliphatic hydroxyl groups excluding tert-OH is 1. The Balaban J connectivity index is 0.000000758. The van der Waals surface area contributed by atoms with Crippen molar-refractivity contribution < 1.29 is 14.6 Å². The minimum Gasteiger partial charge on any atom is -0.493 e. The Hall–Kier alpha value is -0.350. The van der Waals surface area contributed by atoms with E-state index < -0.39 is 6.10 Å². The summed E-state index contributed by atoms with van der Waals surface area (Å²) in [6, 6.07) is 4.46. The van der Waals surface area contributed by atoms with Gasteiger partial charge in [-0.3, -0.25) is 4.99 Å². The van der Waals surface area contributed by atoms with Crippen molar-refractivity contribution >= 4 is 43.9 Å². The molecule has 1 saturated carbocycles. The molecule has 2 bridgehead atoms. The molecule has 1 N–H and O–H groups in total. The van der Waals surface area contributed by atoms with E-state index in [2.05, 4.69) is 61.1 Å². The maximum Gasteiger partial charge on any atom is 0.165 e. The normalized spacial score (nSPS) is 38.8. The van der Waals surface area contributed by atoms with Crippen molar-refractivity contribution in [3.8, 4) is 11.5 Å². The molecule has 1 heterocycles. The summed E-state index contributed by atoms with van der Waals surface area (Å²) in [5, 5.41) is 10.6. The van der Waals surface area contributed by atoms with Gasteiger partial charge in [-0.2, -0.15) is 0 Å². The van der Waals surface area contributed by atoms with E-state index in [9.17, 15) is 5.11 Å². The first-order chi connectivity index (χ1) is 12.2. The van der Waals surface area contributed by atoms with Crippen LogP contribution in [0, 0.1) is 11.8 Å². The first kappa shape index (κ1) is 18.0. The highest BCUT2D eigenvalue weighted by atomic mass is 128. The SMILES string of the molecule is C=NC1CCC23c4c5ccc(OC)c4OC2C(O)C=CC3C1C5.II. The Morgan fingerprint density at radius 2 is 2.16 bits per heavy atom. The average Bonchev–Trinajstić information content (AvgIpc) is 3.00. The van der Waals surface area contributed by atoms with E-state index in [1.54, 1.807) is 7.11 Å². The van der Waals surface area contributed by atoms with Gasteiger partial charge in [-0.05, 0) is 49.4 Å². The van der Waals surface area contributed by atoms with Gasteiger partial charge in [0.25, 0.3) is 0 Å². The average molecular weight is 565 g/mol. The molecule has 6 unspecified atom stereocenters. The molecule has 3 aliphatic carbocycles. The van der Waals surface area contributed by atoms with Crippen LogP contribution in [0.15, 0.2) is 29.3 Å². The first-order valence-electron chi connectivity index (χ1n) is 8.54. The summed E-state index contributed by atoms with van der Waals surface area (Å²) in [5.74, 6) is 2.44. The van der Waals surface area contributed by atoms with Crippen LogP contribution < -0.4 is 9.47 Å². The van der Waals surface area contributed by atoms with Crippen LogP contribution in [0.1, 0.15) is 24.0 Å². The van der Waals surface area contributed by atoms with Crippen LogP contribution in [-0.4, -0.2) is 37.2 Å². The Morgan fingerprint density at radius 3 is 2.88 bits per heavy atom. The Labute approximate surface area is 171 Å². The van der Waals surface area contributed by atoms with Crippen LogP contribution in [0.5, 0.6) is 11.5 Å². The van der Waals surface area contributed by atoms with E-state index in [0.29, 0.717) is 17.9 Å². The number of halogens is 2. The molecule has 6 heteroatoms. The Kier molecular flexibility index (Phi) is 4.81.